The Bertz CT molecular complexity index is 1220. The molecule has 5 rings (SSSR count). The summed E-state index contributed by atoms with van der Waals surface area (Å²) in [6.07, 6.45) is 5.41. The maximum absolute atomic E-state index is 14.7. The molecule has 0 radical (unpaired) electrons. The van der Waals surface area contributed by atoms with E-state index < -0.39 is 16.8 Å². The topological polar surface area (TPSA) is 98.5 Å². The standard InChI is InChI=1S/C24H24ClFN4O4/c25-21-19(28-14-23(26)8-1-11-33-15-23)13-29-30(22(21)31)17-4-7-20(27-12-17)34-18-5-2-16(3-6-18)24(32)9-10-24/h2-7,12-13,28,32H,1,8-11,14-15H2/t23-/m0/s1. The first-order chi connectivity index (χ1) is 16.4. The molecule has 0 amide bonds. The van der Waals surface area contributed by atoms with Crippen molar-refractivity contribution in [3.05, 3.63) is 69.7 Å². The van der Waals surface area contributed by atoms with E-state index >= 15 is 0 Å². The van der Waals surface area contributed by atoms with Gasteiger partial charge >= 0.3 is 0 Å². The van der Waals surface area contributed by atoms with Crippen molar-refractivity contribution < 1.29 is 19.0 Å². The number of nitrogens with zero attached hydrogens (tertiary/aromatic N) is 3. The molecule has 2 fully saturated rings. The average molecular weight is 487 g/mol. The quantitative estimate of drug-likeness (QED) is 0.521. The van der Waals surface area contributed by atoms with E-state index in [1.165, 1.54) is 12.4 Å². The van der Waals surface area contributed by atoms with Crippen LogP contribution in [0.1, 0.15) is 31.2 Å². The molecule has 1 saturated heterocycles. The summed E-state index contributed by atoms with van der Waals surface area (Å²) < 4.78 is 26.8. The Morgan fingerprint density at radius 1 is 1.18 bits per heavy atom. The second-order valence-corrected chi connectivity index (χ2v) is 9.14. The highest BCUT2D eigenvalue weighted by Gasteiger charge is 2.41. The van der Waals surface area contributed by atoms with Gasteiger partial charge in [0, 0.05) is 12.7 Å². The third kappa shape index (κ3) is 4.77. The number of aromatic nitrogens is 3. The fourth-order valence-corrected chi connectivity index (χ4v) is 4.07. The maximum Gasteiger partial charge on any atom is 0.292 e. The summed E-state index contributed by atoms with van der Waals surface area (Å²) in [6, 6.07) is 10.5. The number of pyridine rings is 1. The number of nitrogens with one attached hydrogen (secondary N) is 1. The molecule has 0 bridgehead atoms. The Morgan fingerprint density at radius 3 is 2.62 bits per heavy atom. The summed E-state index contributed by atoms with van der Waals surface area (Å²) in [5.74, 6) is 0.915. The van der Waals surface area contributed by atoms with Crippen LogP contribution in [0.25, 0.3) is 5.69 Å². The molecule has 1 aliphatic carbocycles. The lowest BCUT2D eigenvalue weighted by Crippen LogP contribution is -2.40. The number of halogens is 2. The van der Waals surface area contributed by atoms with Crippen LogP contribution in [0.3, 0.4) is 0 Å². The van der Waals surface area contributed by atoms with E-state index in [9.17, 15) is 14.3 Å². The van der Waals surface area contributed by atoms with Crippen LogP contribution in [0.4, 0.5) is 10.1 Å². The first-order valence-corrected chi connectivity index (χ1v) is 11.5. The van der Waals surface area contributed by atoms with E-state index in [1.807, 2.05) is 12.1 Å². The van der Waals surface area contributed by atoms with Crippen molar-refractivity contribution in [2.24, 2.45) is 0 Å². The molecule has 1 saturated carbocycles. The summed E-state index contributed by atoms with van der Waals surface area (Å²) in [6.45, 7) is 0.540. The Labute approximate surface area is 200 Å². The van der Waals surface area contributed by atoms with Crippen LogP contribution in [0.5, 0.6) is 11.6 Å². The molecule has 3 heterocycles. The molecule has 0 spiro atoms. The van der Waals surface area contributed by atoms with Crippen molar-refractivity contribution in [3.8, 4) is 17.3 Å². The fourth-order valence-electron chi connectivity index (χ4n) is 3.87. The van der Waals surface area contributed by atoms with Gasteiger partial charge in [-0.05, 0) is 49.4 Å². The van der Waals surface area contributed by atoms with E-state index in [4.69, 9.17) is 21.1 Å². The van der Waals surface area contributed by atoms with Gasteiger partial charge in [0.05, 0.1) is 42.5 Å². The van der Waals surface area contributed by atoms with Crippen LogP contribution in [-0.4, -0.2) is 45.3 Å². The smallest absolute Gasteiger partial charge is 0.292 e. The number of hydrogen-bond donors (Lipinski definition) is 2. The molecule has 34 heavy (non-hydrogen) atoms. The summed E-state index contributed by atoms with van der Waals surface area (Å²) >= 11 is 6.25. The van der Waals surface area contributed by atoms with E-state index in [0.717, 1.165) is 23.1 Å². The highest BCUT2D eigenvalue weighted by molar-refractivity contribution is 6.32. The van der Waals surface area contributed by atoms with Crippen LogP contribution in [0, 0.1) is 0 Å². The molecule has 2 N–H and O–H groups in total. The van der Waals surface area contributed by atoms with Crippen LogP contribution in [0.15, 0.2) is 53.6 Å². The average Bonchev–Trinajstić information content (AvgIpc) is 3.60. The molecule has 2 aliphatic rings. The monoisotopic (exact) mass is 486 g/mol. The van der Waals surface area contributed by atoms with Crippen molar-refractivity contribution in [1.82, 2.24) is 14.8 Å². The number of anilines is 1. The first-order valence-electron chi connectivity index (χ1n) is 11.1. The van der Waals surface area contributed by atoms with Gasteiger partial charge in [-0.2, -0.15) is 9.78 Å². The van der Waals surface area contributed by atoms with Gasteiger partial charge < -0.3 is 19.9 Å². The zero-order valence-corrected chi connectivity index (χ0v) is 19.1. The zero-order chi connectivity index (χ0) is 23.8. The molecule has 8 nitrogen and oxygen atoms in total. The van der Waals surface area contributed by atoms with Crippen molar-refractivity contribution in [1.29, 1.82) is 0 Å². The Hall–Kier alpha value is -3.01. The molecule has 3 aromatic rings. The molecule has 2 aromatic heterocycles. The highest BCUT2D eigenvalue weighted by Crippen LogP contribution is 2.45. The fraction of sp³-hybridized carbons (Fsp3) is 0.375. The van der Waals surface area contributed by atoms with Gasteiger partial charge in [-0.15, -0.1) is 0 Å². The molecular weight excluding hydrogens is 463 g/mol. The molecular formula is C24H24ClFN4O4. The number of aliphatic hydroxyl groups is 1. The normalized spacial score (nSPS) is 21.1. The van der Waals surface area contributed by atoms with Gasteiger partial charge in [0.25, 0.3) is 5.56 Å². The second-order valence-electron chi connectivity index (χ2n) is 8.76. The minimum absolute atomic E-state index is 0.00849. The zero-order valence-electron chi connectivity index (χ0n) is 18.3. The lowest BCUT2D eigenvalue weighted by molar-refractivity contribution is -0.0234. The Balaban J connectivity index is 1.26. The molecule has 1 atom stereocenters. The lowest BCUT2D eigenvalue weighted by atomic mass is 9.99. The number of benzene rings is 1. The number of ether oxygens (including phenoxy) is 2. The molecule has 1 aliphatic heterocycles. The van der Waals surface area contributed by atoms with Crippen molar-refractivity contribution in [3.63, 3.8) is 0 Å². The summed E-state index contributed by atoms with van der Waals surface area (Å²) in [4.78, 5) is 17.0. The molecule has 10 heteroatoms. The second kappa shape index (κ2) is 8.98. The predicted molar refractivity (Wildman–Crippen MR) is 125 cm³/mol. The Morgan fingerprint density at radius 2 is 1.97 bits per heavy atom. The SMILES string of the molecule is O=c1c(Cl)c(NC[C@@]2(F)CCCOC2)cnn1-c1ccc(Oc2ccc(C3(O)CC3)cc2)nc1. The third-order valence-corrected chi connectivity index (χ3v) is 6.46. The van der Waals surface area contributed by atoms with Gasteiger partial charge in [0.2, 0.25) is 5.88 Å². The van der Waals surface area contributed by atoms with Gasteiger partial charge in [0.1, 0.15) is 10.8 Å². The van der Waals surface area contributed by atoms with Gasteiger partial charge in [-0.1, -0.05) is 23.7 Å². The van der Waals surface area contributed by atoms with Crippen molar-refractivity contribution in [2.45, 2.75) is 37.0 Å². The lowest BCUT2D eigenvalue weighted by Gasteiger charge is -2.29. The summed E-state index contributed by atoms with van der Waals surface area (Å²) in [5.41, 5.74) is -1.21. The summed E-state index contributed by atoms with van der Waals surface area (Å²) in [5, 5.41) is 17.1. The minimum Gasteiger partial charge on any atom is -0.439 e. The van der Waals surface area contributed by atoms with Crippen molar-refractivity contribution >= 4 is 17.3 Å². The van der Waals surface area contributed by atoms with Gasteiger partial charge in [-0.3, -0.25) is 4.79 Å². The number of alkyl halides is 1. The molecule has 0 unspecified atom stereocenters. The van der Waals surface area contributed by atoms with Crippen LogP contribution in [-0.2, 0) is 10.3 Å². The Kier molecular flexibility index (Phi) is 6.01. The number of rotatable bonds is 7. The van der Waals surface area contributed by atoms with Crippen LogP contribution >= 0.6 is 11.6 Å². The van der Waals surface area contributed by atoms with Gasteiger partial charge in [-0.25, -0.2) is 9.37 Å². The van der Waals surface area contributed by atoms with Crippen molar-refractivity contribution in [2.75, 3.05) is 25.1 Å². The summed E-state index contributed by atoms with van der Waals surface area (Å²) in [7, 11) is 0. The van der Waals surface area contributed by atoms with Crippen LogP contribution in [0.2, 0.25) is 5.02 Å². The van der Waals surface area contributed by atoms with E-state index in [2.05, 4.69) is 15.4 Å². The highest BCUT2D eigenvalue weighted by atomic mass is 35.5. The molecule has 1 aromatic carbocycles. The van der Waals surface area contributed by atoms with E-state index in [0.29, 0.717) is 36.8 Å². The third-order valence-electron chi connectivity index (χ3n) is 6.09. The largest absolute Gasteiger partial charge is 0.439 e. The van der Waals surface area contributed by atoms with Gasteiger partial charge in [0.15, 0.2) is 5.67 Å². The van der Waals surface area contributed by atoms with E-state index in [1.54, 1.807) is 24.3 Å². The maximum atomic E-state index is 14.7. The molecule has 178 valence electrons. The van der Waals surface area contributed by atoms with Crippen LogP contribution < -0.4 is 15.6 Å². The minimum atomic E-state index is -1.51. The predicted octanol–water partition coefficient (Wildman–Crippen LogP) is 3.99. The first kappa shape index (κ1) is 22.8. The van der Waals surface area contributed by atoms with E-state index in [-0.39, 0.29) is 23.9 Å². The number of hydrogen-bond acceptors (Lipinski definition) is 7.